The van der Waals surface area contributed by atoms with Gasteiger partial charge in [0.25, 0.3) is 5.91 Å². The number of rotatable bonds is 5. The van der Waals surface area contributed by atoms with Crippen LogP contribution < -0.4 is 0 Å². The second kappa shape index (κ2) is 8.06. The fourth-order valence-corrected chi connectivity index (χ4v) is 7.15. The van der Waals surface area contributed by atoms with Gasteiger partial charge < -0.3 is 14.7 Å². The van der Waals surface area contributed by atoms with E-state index >= 15 is 0 Å². The monoisotopic (exact) mass is 475 g/mol. The van der Waals surface area contributed by atoms with Crippen LogP contribution in [0, 0.1) is 23.2 Å². The van der Waals surface area contributed by atoms with E-state index in [2.05, 4.69) is 15.9 Å². The minimum absolute atomic E-state index is 0.000841. The summed E-state index contributed by atoms with van der Waals surface area (Å²) in [5, 5.41) is 9.46. The predicted octanol–water partition coefficient (Wildman–Crippen LogP) is 1.81. The Morgan fingerprint density at radius 3 is 2.71 bits per heavy atom. The molecule has 3 saturated heterocycles. The summed E-state index contributed by atoms with van der Waals surface area (Å²) in [4.78, 5) is 46.7. The highest BCUT2D eigenvalue weighted by molar-refractivity contribution is 5.94. The molecule has 1 aromatic carbocycles. The van der Waals surface area contributed by atoms with Crippen molar-refractivity contribution in [2.45, 2.75) is 69.2 Å². The standard InChI is InChI=1S/C27H33N5O3/c1-15(25(33)31-19(12-28)9-18-10-23(18)31)13-30-14-20-11-24(30)27(35)32(20)22-7-5-16-8-17(4-6-21(16)22)26(34)29(2)3/h4,6,8,15,18-20,22-24H,5,7,9-11,13-14H2,1-3H3/t15-,18+,19-,20-,22+,23?,24-/m0/s1. The van der Waals surface area contributed by atoms with Gasteiger partial charge in [-0.3, -0.25) is 19.3 Å². The molecule has 2 bridgehead atoms. The molecule has 35 heavy (non-hydrogen) atoms. The smallest absolute Gasteiger partial charge is 0.253 e. The second-order valence-corrected chi connectivity index (χ2v) is 11.4. The largest absolute Gasteiger partial charge is 0.345 e. The summed E-state index contributed by atoms with van der Waals surface area (Å²) in [6.07, 6.45) is 4.44. The van der Waals surface area contributed by atoms with Crippen molar-refractivity contribution in [1.29, 1.82) is 5.26 Å². The third-order valence-electron chi connectivity index (χ3n) is 8.93. The Hall–Kier alpha value is -2.92. The number of benzene rings is 1. The molecule has 1 unspecified atom stereocenters. The maximum Gasteiger partial charge on any atom is 0.253 e. The minimum atomic E-state index is -0.281. The van der Waals surface area contributed by atoms with Gasteiger partial charge in [-0.15, -0.1) is 0 Å². The van der Waals surface area contributed by atoms with Crippen LogP contribution in [-0.4, -0.2) is 88.7 Å². The number of fused-ring (bicyclic) bond motifs is 4. The van der Waals surface area contributed by atoms with Crippen LogP contribution in [0.1, 0.15) is 60.1 Å². The quantitative estimate of drug-likeness (QED) is 0.648. The van der Waals surface area contributed by atoms with Gasteiger partial charge in [0.05, 0.1) is 18.2 Å². The molecule has 3 amide bonds. The van der Waals surface area contributed by atoms with Crippen molar-refractivity contribution in [2.24, 2.45) is 11.8 Å². The summed E-state index contributed by atoms with van der Waals surface area (Å²) < 4.78 is 0. The molecule has 0 radical (unpaired) electrons. The van der Waals surface area contributed by atoms with Crippen molar-refractivity contribution in [3.63, 3.8) is 0 Å². The van der Waals surface area contributed by atoms with Crippen molar-refractivity contribution in [3.8, 4) is 6.07 Å². The summed E-state index contributed by atoms with van der Waals surface area (Å²) in [5.74, 6) is 0.539. The molecular formula is C27H33N5O3. The van der Waals surface area contributed by atoms with E-state index in [9.17, 15) is 19.6 Å². The first-order valence-electron chi connectivity index (χ1n) is 12.9. The Labute approximate surface area is 206 Å². The van der Waals surface area contributed by atoms with Gasteiger partial charge in [0.15, 0.2) is 0 Å². The molecule has 3 heterocycles. The Kier molecular flexibility index (Phi) is 5.19. The van der Waals surface area contributed by atoms with Gasteiger partial charge in [-0.2, -0.15) is 5.26 Å². The van der Waals surface area contributed by atoms with Crippen LogP contribution in [-0.2, 0) is 16.0 Å². The molecule has 2 aliphatic carbocycles. The van der Waals surface area contributed by atoms with Gasteiger partial charge in [0, 0.05) is 50.7 Å². The van der Waals surface area contributed by atoms with Crippen LogP contribution in [0.5, 0.6) is 0 Å². The van der Waals surface area contributed by atoms with Crippen molar-refractivity contribution < 1.29 is 14.4 Å². The maximum absolute atomic E-state index is 13.5. The van der Waals surface area contributed by atoms with Crippen LogP contribution in [0.3, 0.4) is 0 Å². The minimum Gasteiger partial charge on any atom is -0.345 e. The first kappa shape index (κ1) is 22.5. The van der Waals surface area contributed by atoms with Gasteiger partial charge in [0.1, 0.15) is 6.04 Å². The van der Waals surface area contributed by atoms with Crippen LogP contribution in [0.15, 0.2) is 18.2 Å². The number of carbonyl (C=O) groups is 3. The van der Waals surface area contributed by atoms with Crippen molar-refractivity contribution >= 4 is 17.7 Å². The average Bonchev–Trinajstić information content (AvgIpc) is 3.18. The lowest BCUT2D eigenvalue weighted by Gasteiger charge is -2.39. The van der Waals surface area contributed by atoms with E-state index in [-0.39, 0.29) is 53.8 Å². The van der Waals surface area contributed by atoms with E-state index < -0.39 is 0 Å². The van der Waals surface area contributed by atoms with Crippen molar-refractivity contribution in [2.75, 3.05) is 27.2 Å². The Morgan fingerprint density at radius 1 is 1.20 bits per heavy atom. The third kappa shape index (κ3) is 3.47. The zero-order valence-electron chi connectivity index (χ0n) is 20.7. The highest BCUT2D eigenvalue weighted by atomic mass is 16.2. The van der Waals surface area contributed by atoms with Gasteiger partial charge in [-0.05, 0) is 61.3 Å². The van der Waals surface area contributed by atoms with Crippen LogP contribution in [0.2, 0.25) is 0 Å². The molecule has 6 rings (SSSR count). The first-order valence-corrected chi connectivity index (χ1v) is 12.9. The number of aryl methyl sites for hydroxylation is 1. The zero-order valence-corrected chi connectivity index (χ0v) is 20.7. The number of amides is 3. The highest BCUT2D eigenvalue weighted by Gasteiger charge is 2.56. The molecule has 0 N–H and O–H groups in total. The first-order chi connectivity index (χ1) is 16.8. The molecule has 0 aromatic heterocycles. The summed E-state index contributed by atoms with van der Waals surface area (Å²) in [7, 11) is 3.52. The number of piperazine rings is 1. The summed E-state index contributed by atoms with van der Waals surface area (Å²) in [6, 6.07) is 8.28. The molecule has 3 aliphatic heterocycles. The molecule has 0 spiro atoms. The predicted molar refractivity (Wildman–Crippen MR) is 128 cm³/mol. The lowest BCUT2D eigenvalue weighted by molar-refractivity contribution is -0.142. The average molecular weight is 476 g/mol. The van der Waals surface area contributed by atoms with E-state index in [4.69, 9.17) is 0 Å². The van der Waals surface area contributed by atoms with Gasteiger partial charge >= 0.3 is 0 Å². The molecule has 5 aliphatic rings. The molecular weight excluding hydrogens is 442 g/mol. The zero-order chi connectivity index (χ0) is 24.6. The Balaban J connectivity index is 1.12. The molecule has 1 saturated carbocycles. The van der Waals surface area contributed by atoms with Crippen LogP contribution in [0.25, 0.3) is 0 Å². The number of carbonyl (C=O) groups excluding carboxylic acids is 3. The molecule has 184 valence electrons. The van der Waals surface area contributed by atoms with Gasteiger partial charge in [-0.25, -0.2) is 0 Å². The van der Waals surface area contributed by atoms with E-state index in [1.807, 2.05) is 30.0 Å². The van der Waals surface area contributed by atoms with Crippen molar-refractivity contribution in [1.82, 2.24) is 19.6 Å². The maximum atomic E-state index is 13.5. The van der Waals surface area contributed by atoms with Crippen molar-refractivity contribution in [3.05, 3.63) is 34.9 Å². The van der Waals surface area contributed by atoms with E-state index in [1.54, 1.807) is 19.0 Å². The third-order valence-corrected chi connectivity index (χ3v) is 8.93. The van der Waals surface area contributed by atoms with Crippen LogP contribution in [0.4, 0.5) is 0 Å². The normalized spacial score (nSPS) is 33.5. The molecule has 8 nitrogen and oxygen atoms in total. The number of nitriles is 1. The Bertz CT molecular complexity index is 1140. The number of nitrogens with zero attached hydrogens (tertiary/aromatic N) is 5. The SMILES string of the molecule is C[C@@H](CN1C[C@@H]2C[C@H]1C(=O)N2[C@@H]1CCc2cc(C(=O)N(C)C)ccc21)C(=O)N1C2C[C@H]2C[C@H]1C#N. The Morgan fingerprint density at radius 2 is 2.00 bits per heavy atom. The highest BCUT2D eigenvalue weighted by Crippen LogP contribution is 2.48. The molecule has 7 atom stereocenters. The van der Waals surface area contributed by atoms with Gasteiger partial charge in [-0.1, -0.05) is 13.0 Å². The number of likely N-dealkylation sites (tertiary alicyclic amines) is 3. The van der Waals surface area contributed by atoms with Crippen LogP contribution >= 0.6 is 0 Å². The topological polar surface area (TPSA) is 88.0 Å². The van der Waals surface area contributed by atoms with E-state index in [1.165, 1.54) is 11.1 Å². The molecule has 8 heteroatoms. The molecule has 4 fully saturated rings. The second-order valence-electron chi connectivity index (χ2n) is 11.4. The molecule has 1 aromatic rings. The summed E-state index contributed by atoms with van der Waals surface area (Å²) in [5.41, 5.74) is 3.04. The number of piperidine rings is 1. The summed E-state index contributed by atoms with van der Waals surface area (Å²) >= 11 is 0. The fourth-order valence-electron chi connectivity index (χ4n) is 7.15. The number of hydrogen-bond donors (Lipinski definition) is 0. The lowest BCUT2D eigenvalue weighted by Crippen LogP contribution is -2.53. The van der Waals surface area contributed by atoms with E-state index in [0.29, 0.717) is 18.0 Å². The fraction of sp³-hybridized carbons (Fsp3) is 0.630. The lowest BCUT2D eigenvalue weighted by atomic mass is 10.0. The van der Waals surface area contributed by atoms with E-state index in [0.717, 1.165) is 38.6 Å². The number of hydrogen-bond acceptors (Lipinski definition) is 5. The van der Waals surface area contributed by atoms with Gasteiger partial charge in [0.2, 0.25) is 11.8 Å². The summed E-state index contributed by atoms with van der Waals surface area (Å²) in [6.45, 7) is 3.31.